The zero-order chi connectivity index (χ0) is 13.0. The van der Waals surface area contributed by atoms with E-state index in [0.29, 0.717) is 12.0 Å². The first-order valence-corrected chi connectivity index (χ1v) is 6.43. The molecule has 0 bridgehead atoms. The van der Waals surface area contributed by atoms with E-state index in [0.717, 1.165) is 35.3 Å². The summed E-state index contributed by atoms with van der Waals surface area (Å²) >= 11 is 0. The Morgan fingerprint density at radius 2 is 2.00 bits per heavy atom. The van der Waals surface area contributed by atoms with Crippen LogP contribution in [-0.4, -0.2) is 38.9 Å². The van der Waals surface area contributed by atoms with Gasteiger partial charge in [0.25, 0.3) is 0 Å². The van der Waals surface area contributed by atoms with Gasteiger partial charge in [0.1, 0.15) is 17.2 Å². The number of nitrogens with zero attached hydrogens (tertiary/aromatic N) is 5. The molecular weight excluding hydrogens is 226 g/mol. The molecule has 0 saturated heterocycles. The lowest BCUT2D eigenvalue weighted by Gasteiger charge is -2.24. The molecule has 5 heteroatoms. The first-order valence-electron chi connectivity index (χ1n) is 6.43. The van der Waals surface area contributed by atoms with Crippen LogP contribution in [0.2, 0.25) is 0 Å². The molecule has 0 spiro atoms. The van der Waals surface area contributed by atoms with Gasteiger partial charge in [0.05, 0.1) is 11.7 Å². The summed E-state index contributed by atoms with van der Waals surface area (Å²) in [5.74, 6) is 2.62. The van der Waals surface area contributed by atoms with E-state index in [1.807, 2.05) is 25.6 Å². The Balaban J connectivity index is 2.17. The number of fused-ring (bicyclic) bond motifs is 3. The fraction of sp³-hybridized carbons (Fsp3) is 0.615. The number of aromatic nitrogens is 2. The number of amidine groups is 2. The van der Waals surface area contributed by atoms with Gasteiger partial charge in [-0.25, -0.2) is 4.99 Å². The van der Waals surface area contributed by atoms with Gasteiger partial charge in [0, 0.05) is 13.6 Å². The van der Waals surface area contributed by atoms with Crippen LogP contribution in [0.25, 0.3) is 0 Å². The maximum atomic E-state index is 4.88. The summed E-state index contributed by atoms with van der Waals surface area (Å²) in [6.07, 6.45) is 0. The van der Waals surface area contributed by atoms with Crippen LogP contribution in [0.1, 0.15) is 32.2 Å². The molecule has 0 saturated carbocycles. The van der Waals surface area contributed by atoms with Crippen molar-refractivity contribution >= 4 is 17.4 Å². The highest BCUT2D eigenvalue weighted by Gasteiger charge is 2.36. The Morgan fingerprint density at radius 3 is 2.67 bits per heavy atom. The van der Waals surface area contributed by atoms with Crippen LogP contribution in [0.5, 0.6) is 0 Å². The van der Waals surface area contributed by atoms with Gasteiger partial charge >= 0.3 is 0 Å². The summed E-state index contributed by atoms with van der Waals surface area (Å²) < 4.78 is 1.90. The number of hydrogen-bond donors (Lipinski definition) is 0. The average Bonchev–Trinajstić information content (AvgIpc) is 2.82. The largest absolute Gasteiger partial charge is 0.311 e. The van der Waals surface area contributed by atoms with E-state index >= 15 is 0 Å². The lowest BCUT2D eigenvalue weighted by atomic mass is 10.1. The van der Waals surface area contributed by atoms with E-state index in [1.54, 1.807) is 0 Å². The van der Waals surface area contributed by atoms with Crippen molar-refractivity contribution in [2.45, 2.75) is 33.7 Å². The molecule has 3 rings (SSSR count). The minimum atomic E-state index is 0.353. The van der Waals surface area contributed by atoms with Crippen LogP contribution in [-0.2, 0) is 7.05 Å². The topological polar surface area (TPSA) is 45.8 Å². The van der Waals surface area contributed by atoms with Gasteiger partial charge in [0.2, 0.25) is 0 Å². The lowest BCUT2D eigenvalue weighted by Crippen LogP contribution is -2.37. The van der Waals surface area contributed by atoms with Gasteiger partial charge in [-0.2, -0.15) is 5.10 Å². The van der Waals surface area contributed by atoms with Crippen molar-refractivity contribution in [3.63, 3.8) is 0 Å². The summed E-state index contributed by atoms with van der Waals surface area (Å²) in [6, 6.07) is 0.353. The molecule has 1 aromatic heterocycles. The third-order valence-corrected chi connectivity index (χ3v) is 3.75. The normalized spacial score (nSPS) is 21.9. The van der Waals surface area contributed by atoms with E-state index in [4.69, 9.17) is 4.99 Å². The maximum absolute atomic E-state index is 4.88. The smallest absolute Gasteiger partial charge is 0.157 e. The van der Waals surface area contributed by atoms with Gasteiger partial charge in [0.15, 0.2) is 5.84 Å². The number of aliphatic imine (C=N–C) groups is 2. The molecule has 5 nitrogen and oxygen atoms in total. The first kappa shape index (κ1) is 11.4. The Bertz CT molecular complexity index is 564. The van der Waals surface area contributed by atoms with E-state index in [9.17, 15) is 0 Å². The average molecular weight is 245 g/mol. The Kier molecular flexibility index (Phi) is 2.33. The van der Waals surface area contributed by atoms with E-state index in [1.165, 1.54) is 0 Å². The number of rotatable bonds is 1. The van der Waals surface area contributed by atoms with Crippen molar-refractivity contribution in [1.82, 2.24) is 14.7 Å². The molecule has 0 fully saturated rings. The highest BCUT2D eigenvalue weighted by atomic mass is 15.4. The van der Waals surface area contributed by atoms with Crippen molar-refractivity contribution < 1.29 is 0 Å². The van der Waals surface area contributed by atoms with Crippen LogP contribution in [0.3, 0.4) is 0 Å². The second kappa shape index (κ2) is 3.67. The molecule has 0 N–H and O–H groups in total. The molecule has 0 radical (unpaired) electrons. The Morgan fingerprint density at radius 1 is 1.28 bits per heavy atom. The molecule has 96 valence electrons. The Labute approximate surface area is 107 Å². The van der Waals surface area contributed by atoms with Gasteiger partial charge in [-0.3, -0.25) is 9.67 Å². The molecule has 1 unspecified atom stereocenters. The van der Waals surface area contributed by atoms with Crippen LogP contribution in [0.15, 0.2) is 9.98 Å². The fourth-order valence-corrected chi connectivity index (χ4v) is 2.63. The maximum Gasteiger partial charge on any atom is 0.157 e. The third-order valence-electron chi connectivity index (χ3n) is 3.75. The summed E-state index contributed by atoms with van der Waals surface area (Å²) in [7, 11) is 1.96. The van der Waals surface area contributed by atoms with E-state index < -0.39 is 0 Å². The molecule has 2 aliphatic heterocycles. The second-order valence-corrected chi connectivity index (χ2v) is 5.44. The zero-order valence-electron chi connectivity index (χ0n) is 11.6. The number of aryl methyl sites for hydroxylation is 2. The summed E-state index contributed by atoms with van der Waals surface area (Å²) in [5, 5.41) is 4.46. The Hall–Kier alpha value is -1.65. The van der Waals surface area contributed by atoms with Gasteiger partial charge in [-0.05, 0) is 19.8 Å². The summed E-state index contributed by atoms with van der Waals surface area (Å²) in [6.45, 7) is 9.42. The zero-order valence-corrected chi connectivity index (χ0v) is 11.6. The fourth-order valence-electron chi connectivity index (χ4n) is 2.63. The van der Waals surface area contributed by atoms with Gasteiger partial charge in [-0.1, -0.05) is 13.8 Å². The first-order chi connectivity index (χ1) is 8.49. The summed E-state index contributed by atoms with van der Waals surface area (Å²) in [5.41, 5.74) is 3.01. The molecule has 3 heterocycles. The van der Waals surface area contributed by atoms with Crippen molar-refractivity contribution in [1.29, 1.82) is 0 Å². The second-order valence-electron chi connectivity index (χ2n) is 5.44. The molecule has 0 aromatic carbocycles. The van der Waals surface area contributed by atoms with Crippen molar-refractivity contribution in [2.24, 2.45) is 23.0 Å². The lowest BCUT2D eigenvalue weighted by molar-refractivity contribution is 0.462. The molecule has 2 aliphatic rings. The van der Waals surface area contributed by atoms with Gasteiger partial charge in [-0.15, -0.1) is 0 Å². The van der Waals surface area contributed by atoms with Crippen LogP contribution in [0, 0.1) is 12.8 Å². The predicted octanol–water partition coefficient (Wildman–Crippen LogP) is 1.88. The standard InChI is InChI=1S/C13H19N5/c1-7(2)10-6-18-9(4)14-11-8(3)16-17(5)12(11)13(18)15-10/h7,10H,6H2,1-5H3. The monoisotopic (exact) mass is 245 g/mol. The highest BCUT2D eigenvalue weighted by molar-refractivity contribution is 6.15. The minimum absolute atomic E-state index is 0.353. The molecule has 18 heavy (non-hydrogen) atoms. The van der Waals surface area contributed by atoms with Crippen LogP contribution >= 0.6 is 0 Å². The predicted molar refractivity (Wildman–Crippen MR) is 72.6 cm³/mol. The molecule has 0 amide bonds. The molecule has 0 aliphatic carbocycles. The van der Waals surface area contributed by atoms with Crippen molar-refractivity contribution in [2.75, 3.05) is 6.54 Å². The third kappa shape index (κ3) is 1.43. The van der Waals surface area contributed by atoms with Crippen LogP contribution < -0.4 is 0 Å². The highest BCUT2D eigenvalue weighted by Crippen LogP contribution is 2.33. The number of hydrogen-bond acceptors (Lipinski definition) is 4. The van der Waals surface area contributed by atoms with Crippen molar-refractivity contribution in [3.8, 4) is 0 Å². The van der Waals surface area contributed by atoms with Crippen LogP contribution in [0.4, 0.5) is 5.69 Å². The SMILES string of the molecule is CC1=Nc2c(C)nn(C)c2C2=NC(C(C)C)CN12. The van der Waals surface area contributed by atoms with Gasteiger partial charge < -0.3 is 4.90 Å². The minimum Gasteiger partial charge on any atom is -0.311 e. The quantitative estimate of drug-likeness (QED) is 0.758. The molecule has 1 atom stereocenters. The molecular formula is C13H19N5. The van der Waals surface area contributed by atoms with E-state index in [-0.39, 0.29) is 0 Å². The molecule has 1 aromatic rings. The van der Waals surface area contributed by atoms with E-state index in [2.05, 4.69) is 28.8 Å². The summed E-state index contributed by atoms with van der Waals surface area (Å²) in [4.78, 5) is 11.8. The van der Waals surface area contributed by atoms with Crippen molar-refractivity contribution in [3.05, 3.63) is 11.4 Å².